The second-order valence-electron chi connectivity index (χ2n) is 4.07. The monoisotopic (exact) mass is 240 g/mol. The molecule has 1 fully saturated rings. The van der Waals surface area contributed by atoms with Gasteiger partial charge in [0.15, 0.2) is 0 Å². The molecule has 2 atom stereocenters. The third-order valence-electron chi connectivity index (χ3n) is 2.83. The van der Waals surface area contributed by atoms with E-state index >= 15 is 0 Å². The number of nitrogens with one attached hydrogen (secondary N) is 2. The summed E-state index contributed by atoms with van der Waals surface area (Å²) in [6, 6.07) is 1.51. The Kier molecular flexibility index (Phi) is 3.79. The van der Waals surface area contributed by atoms with Crippen molar-refractivity contribution in [2.45, 2.75) is 37.8 Å². The number of hydrogen-bond acceptors (Lipinski definition) is 3. The highest BCUT2D eigenvalue weighted by atomic mass is 32.1. The number of carbonyl (C=O) groups is 1. The Bertz CT molecular complexity index is 340. The predicted octanol–water partition coefficient (Wildman–Crippen LogP) is 2.17. The smallest absolute Gasteiger partial charge is 0.319 e. The summed E-state index contributed by atoms with van der Waals surface area (Å²) in [5.74, 6) is 0. The van der Waals surface area contributed by atoms with Gasteiger partial charge >= 0.3 is 6.03 Å². The van der Waals surface area contributed by atoms with Crippen LogP contribution >= 0.6 is 11.3 Å². The van der Waals surface area contributed by atoms with E-state index in [1.54, 1.807) is 0 Å². The molecule has 2 rings (SSSR count). The molecule has 5 heteroatoms. The zero-order chi connectivity index (χ0) is 11.4. The van der Waals surface area contributed by atoms with Gasteiger partial charge < -0.3 is 15.7 Å². The SMILES string of the molecule is O=C(Nc1ccsc1)NC1CCCCC1O. The first-order valence-electron chi connectivity index (χ1n) is 5.53. The molecule has 2 unspecified atom stereocenters. The zero-order valence-electron chi connectivity index (χ0n) is 8.98. The lowest BCUT2D eigenvalue weighted by molar-refractivity contribution is 0.0955. The molecular formula is C11H16N2O2S. The number of amides is 2. The lowest BCUT2D eigenvalue weighted by Crippen LogP contribution is -2.46. The van der Waals surface area contributed by atoms with Crippen LogP contribution in [0.5, 0.6) is 0 Å². The van der Waals surface area contributed by atoms with E-state index in [-0.39, 0.29) is 12.1 Å². The van der Waals surface area contributed by atoms with E-state index in [1.165, 1.54) is 11.3 Å². The van der Waals surface area contributed by atoms with Crippen molar-refractivity contribution in [3.8, 4) is 0 Å². The average Bonchev–Trinajstić information content (AvgIpc) is 2.74. The quantitative estimate of drug-likeness (QED) is 0.742. The van der Waals surface area contributed by atoms with Crippen LogP contribution in [0.1, 0.15) is 25.7 Å². The summed E-state index contributed by atoms with van der Waals surface area (Å²) >= 11 is 1.54. The van der Waals surface area contributed by atoms with Crippen LogP contribution in [0.4, 0.5) is 10.5 Å². The first kappa shape index (κ1) is 11.4. The average molecular weight is 240 g/mol. The molecule has 0 saturated heterocycles. The Morgan fingerprint density at radius 2 is 2.25 bits per heavy atom. The van der Waals surface area contributed by atoms with E-state index in [9.17, 15) is 9.90 Å². The van der Waals surface area contributed by atoms with Crippen molar-refractivity contribution in [2.24, 2.45) is 0 Å². The van der Waals surface area contributed by atoms with E-state index in [1.807, 2.05) is 16.8 Å². The third kappa shape index (κ3) is 2.96. The molecular weight excluding hydrogens is 224 g/mol. The van der Waals surface area contributed by atoms with Crippen molar-refractivity contribution in [3.63, 3.8) is 0 Å². The highest BCUT2D eigenvalue weighted by Gasteiger charge is 2.24. The van der Waals surface area contributed by atoms with E-state index < -0.39 is 6.10 Å². The fourth-order valence-corrected chi connectivity index (χ4v) is 2.54. The van der Waals surface area contributed by atoms with Crippen LogP contribution in [0.2, 0.25) is 0 Å². The Hall–Kier alpha value is -1.07. The number of urea groups is 1. The molecule has 16 heavy (non-hydrogen) atoms. The number of rotatable bonds is 2. The highest BCUT2D eigenvalue weighted by Crippen LogP contribution is 2.18. The normalized spacial score (nSPS) is 25.1. The van der Waals surface area contributed by atoms with Gasteiger partial charge in [-0.3, -0.25) is 0 Å². The molecule has 1 aromatic rings. The van der Waals surface area contributed by atoms with E-state index in [2.05, 4.69) is 10.6 Å². The zero-order valence-corrected chi connectivity index (χ0v) is 9.80. The maximum atomic E-state index is 11.6. The molecule has 1 aromatic heterocycles. The molecule has 0 aromatic carbocycles. The van der Waals surface area contributed by atoms with Gasteiger partial charge in [-0.15, -0.1) is 0 Å². The Morgan fingerprint density at radius 3 is 2.94 bits per heavy atom. The van der Waals surface area contributed by atoms with Gasteiger partial charge in [0.05, 0.1) is 17.8 Å². The van der Waals surface area contributed by atoms with Gasteiger partial charge in [0.25, 0.3) is 0 Å². The van der Waals surface area contributed by atoms with Gasteiger partial charge in [0, 0.05) is 5.38 Å². The minimum absolute atomic E-state index is 0.104. The fourth-order valence-electron chi connectivity index (χ4n) is 1.95. The van der Waals surface area contributed by atoms with E-state index in [0.717, 1.165) is 31.4 Å². The molecule has 4 nitrogen and oxygen atoms in total. The minimum atomic E-state index is -0.401. The highest BCUT2D eigenvalue weighted by molar-refractivity contribution is 7.08. The summed E-state index contributed by atoms with van der Waals surface area (Å²) in [4.78, 5) is 11.6. The standard InChI is InChI=1S/C11H16N2O2S/c14-10-4-2-1-3-9(10)13-11(15)12-8-5-6-16-7-8/h5-7,9-10,14H,1-4H2,(H2,12,13,15). The molecule has 0 radical (unpaired) electrons. The fraction of sp³-hybridized carbons (Fsp3) is 0.545. The van der Waals surface area contributed by atoms with Gasteiger partial charge in [-0.25, -0.2) is 4.79 Å². The number of hydrogen-bond donors (Lipinski definition) is 3. The number of thiophene rings is 1. The second kappa shape index (κ2) is 5.32. The second-order valence-corrected chi connectivity index (χ2v) is 4.85. The maximum Gasteiger partial charge on any atom is 0.319 e. The Balaban J connectivity index is 1.82. The van der Waals surface area contributed by atoms with Crippen LogP contribution in [0.25, 0.3) is 0 Å². The number of aliphatic hydroxyl groups is 1. The van der Waals surface area contributed by atoms with Crippen molar-refractivity contribution in [2.75, 3.05) is 5.32 Å². The molecule has 1 saturated carbocycles. The van der Waals surface area contributed by atoms with E-state index in [4.69, 9.17) is 0 Å². The van der Waals surface area contributed by atoms with Crippen LogP contribution in [0.15, 0.2) is 16.8 Å². The van der Waals surface area contributed by atoms with Crippen LogP contribution in [-0.2, 0) is 0 Å². The predicted molar refractivity (Wildman–Crippen MR) is 64.7 cm³/mol. The van der Waals surface area contributed by atoms with Crippen molar-refractivity contribution in [1.82, 2.24) is 5.32 Å². The molecule has 2 amide bonds. The van der Waals surface area contributed by atoms with Crippen molar-refractivity contribution < 1.29 is 9.90 Å². The van der Waals surface area contributed by atoms with Gasteiger partial charge in [0.1, 0.15) is 0 Å². The molecule has 0 spiro atoms. The molecule has 1 aliphatic carbocycles. The van der Waals surface area contributed by atoms with Gasteiger partial charge in [-0.2, -0.15) is 11.3 Å². The lowest BCUT2D eigenvalue weighted by atomic mass is 9.93. The van der Waals surface area contributed by atoms with Gasteiger partial charge in [-0.1, -0.05) is 12.8 Å². The van der Waals surface area contributed by atoms with E-state index in [0.29, 0.717) is 0 Å². The van der Waals surface area contributed by atoms with Crippen molar-refractivity contribution in [1.29, 1.82) is 0 Å². The summed E-state index contributed by atoms with van der Waals surface area (Å²) in [5.41, 5.74) is 0.799. The summed E-state index contributed by atoms with van der Waals surface area (Å²) < 4.78 is 0. The largest absolute Gasteiger partial charge is 0.391 e. The maximum absolute atomic E-state index is 11.6. The molecule has 1 aliphatic rings. The summed E-state index contributed by atoms with van der Waals surface area (Å²) in [6.45, 7) is 0. The van der Waals surface area contributed by atoms with Crippen LogP contribution in [0.3, 0.4) is 0 Å². The topological polar surface area (TPSA) is 61.4 Å². The minimum Gasteiger partial charge on any atom is -0.391 e. The molecule has 0 aliphatic heterocycles. The summed E-state index contributed by atoms with van der Waals surface area (Å²) in [6.07, 6.45) is 3.36. The third-order valence-corrected chi connectivity index (χ3v) is 3.51. The number of anilines is 1. The number of carbonyl (C=O) groups excluding carboxylic acids is 1. The van der Waals surface area contributed by atoms with Crippen LogP contribution in [-0.4, -0.2) is 23.3 Å². The van der Waals surface area contributed by atoms with Crippen molar-refractivity contribution in [3.05, 3.63) is 16.8 Å². The number of aliphatic hydroxyl groups excluding tert-OH is 1. The Labute approximate surface area is 98.7 Å². The van der Waals surface area contributed by atoms with Crippen molar-refractivity contribution >= 4 is 23.1 Å². The summed E-state index contributed by atoms with van der Waals surface area (Å²) in [5, 5.41) is 19.0. The Morgan fingerprint density at radius 1 is 1.44 bits per heavy atom. The molecule has 88 valence electrons. The van der Waals surface area contributed by atoms with Crippen LogP contribution in [0, 0.1) is 0 Å². The molecule has 0 bridgehead atoms. The lowest BCUT2D eigenvalue weighted by Gasteiger charge is -2.28. The molecule has 3 N–H and O–H groups in total. The van der Waals surface area contributed by atoms with Crippen LogP contribution < -0.4 is 10.6 Å². The van der Waals surface area contributed by atoms with Gasteiger partial charge in [0.2, 0.25) is 0 Å². The van der Waals surface area contributed by atoms with Gasteiger partial charge in [-0.05, 0) is 24.3 Å². The summed E-state index contributed by atoms with van der Waals surface area (Å²) in [7, 11) is 0. The first-order chi connectivity index (χ1) is 7.75. The first-order valence-corrected chi connectivity index (χ1v) is 6.48. The molecule has 1 heterocycles.